The predicted molar refractivity (Wildman–Crippen MR) is 69.5 cm³/mol. The summed E-state index contributed by atoms with van der Waals surface area (Å²) in [5.41, 5.74) is 3.39. The molecule has 1 heterocycles. The highest BCUT2D eigenvalue weighted by Gasteiger charge is 2.10. The van der Waals surface area contributed by atoms with Gasteiger partial charge in [0.25, 0.3) is 0 Å². The first-order chi connectivity index (χ1) is 7.68. The molecule has 0 aliphatic rings. The Kier molecular flexibility index (Phi) is 3.29. The molecule has 2 aromatic rings. The molecule has 0 saturated heterocycles. The van der Waals surface area contributed by atoms with Gasteiger partial charge in [0.15, 0.2) is 0 Å². The molecule has 2 N–H and O–H groups in total. The third-order valence-corrected chi connectivity index (χ3v) is 3.27. The van der Waals surface area contributed by atoms with Gasteiger partial charge in [0.05, 0.1) is 12.2 Å². The summed E-state index contributed by atoms with van der Waals surface area (Å²) < 4.78 is 1.07. The number of hydrogen-bond donors (Lipinski definition) is 2. The number of benzene rings is 1. The number of aromatic nitrogens is 2. The predicted octanol–water partition coefficient (Wildman–Crippen LogP) is 3.65. The maximum atomic E-state index is 4.03. The molecule has 1 aromatic heterocycles. The second-order valence-corrected chi connectivity index (χ2v) is 4.65. The topological polar surface area (TPSA) is 40.7 Å². The van der Waals surface area contributed by atoms with Crippen LogP contribution < -0.4 is 5.32 Å². The third kappa shape index (κ3) is 2.27. The minimum absolute atomic E-state index is 0.234. The summed E-state index contributed by atoms with van der Waals surface area (Å²) in [6, 6.07) is 8.33. The zero-order chi connectivity index (χ0) is 11.5. The van der Waals surface area contributed by atoms with Gasteiger partial charge in [0, 0.05) is 21.4 Å². The maximum Gasteiger partial charge on any atom is 0.0542 e. The lowest BCUT2D eigenvalue weighted by atomic mass is 10.1. The number of nitrogens with one attached hydrogen (secondary N) is 2. The normalized spacial score (nSPS) is 12.4. The number of para-hydroxylation sites is 1. The molecule has 0 amide bonds. The molecular formula is C12H14BrN3. The van der Waals surface area contributed by atoms with E-state index >= 15 is 0 Å². The van der Waals surface area contributed by atoms with Crippen LogP contribution in [0.4, 0.5) is 5.69 Å². The van der Waals surface area contributed by atoms with E-state index in [-0.39, 0.29) is 6.04 Å². The van der Waals surface area contributed by atoms with Crippen LogP contribution >= 0.6 is 15.9 Å². The van der Waals surface area contributed by atoms with Crippen molar-refractivity contribution < 1.29 is 0 Å². The molecule has 0 radical (unpaired) electrons. The monoisotopic (exact) mass is 279 g/mol. The molecule has 2 rings (SSSR count). The largest absolute Gasteiger partial charge is 0.377 e. The average molecular weight is 280 g/mol. The van der Waals surface area contributed by atoms with Crippen molar-refractivity contribution in [2.24, 2.45) is 0 Å². The van der Waals surface area contributed by atoms with Crippen LogP contribution in [0.15, 0.2) is 34.9 Å². The first kappa shape index (κ1) is 11.2. The number of anilines is 1. The SMILES string of the molecule is Cc1[nH]ncc1C(C)Nc1ccccc1Br. The second-order valence-electron chi connectivity index (χ2n) is 3.80. The fourth-order valence-electron chi connectivity index (χ4n) is 1.69. The maximum absolute atomic E-state index is 4.03. The zero-order valence-corrected chi connectivity index (χ0v) is 10.9. The van der Waals surface area contributed by atoms with Gasteiger partial charge >= 0.3 is 0 Å². The molecule has 1 atom stereocenters. The van der Waals surface area contributed by atoms with E-state index in [4.69, 9.17) is 0 Å². The van der Waals surface area contributed by atoms with Gasteiger partial charge in [0.2, 0.25) is 0 Å². The Morgan fingerprint density at radius 2 is 2.12 bits per heavy atom. The van der Waals surface area contributed by atoms with Crippen molar-refractivity contribution in [1.82, 2.24) is 10.2 Å². The molecular weight excluding hydrogens is 266 g/mol. The number of nitrogens with zero attached hydrogens (tertiary/aromatic N) is 1. The molecule has 84 valence electrons. The van der Waals surface area contributed by atoms with E-state index in [1.165, 1.54) is 5.56 Å². The van der Waals surface area contributed by atoms with Crippen LogP contribution in [-0.2, 0) is 0 Å². The summed E-state index contributed by atoms with van der Waals surface area (Å²) in [5, 5.41) is 10.4. The van der Waals surface area contributed by atoms with Crippen molar-refractivity contribution in [3.8, 4) is 0 Å². The quantitative estimate of drug-likeness (QED) is 0.900. The fourth-order valence-corrected chi connectivity index (χ4v) is 2.09. The van der Waals surface area contributed by atoms with Crippen LogP contribution in [0.5, 0.6) is 0 Å². The van der Waals surface area contributed by atoms with Crippen molar-refractivity contribution >= 4 is 21.6 Å². The first-order valence-corrected chi connectivity index (χ1v) is 5.98. The summed E-state index contributed by atoms with van der Waals surface area (Å²) in [6.07, 6.45) is 1.86. The fraction of sp³-hybridized carbons (Fsp3) is 0.250. The van der Waals surface area contributed by atoms with E-state index in [1.54, 1.807) is 0 Å². The second kappa shape index (κ2) is 4.70. The lowest BCUT2D eigenvalue weighted by Crippen LogP contribution is -2.07. The van der Waals surface area contributed by atoms with Gasteiger partial charge in [-0.2, -0.15) is 5.10 Å². The number of halogens is 1. The highest BCUT2D eigenvalue weighted by Crippen LogP contribution is 2.26. The van der Waals surface area contributed by atoms with Gasteiger partial charge in [-0.1, -0.05) is 12.1 Å². The Hall–Kier alpha value is -1.29. The molecule has 0 spiro atoms. The van der Waals surface area contributed by atoms with E-state index in [9.17, 15) is 0 Å². The summed E-state index contributed by atoms with van der Waals surface area (Å²) >= 11 is 3.52. The Bertz CT molecular complexity index is 479. The molecule has 1 aromatic carbocycles. The molecule has 3 nitrogen and oxygen atoms in total. The molecule has 0 aliphatic heterocycles. The summed E-state index contributed by atoms with van der Waals surface area (Å²) in [5.74, 6) is 0. The third-order valence-electron chi connectivity index (χ3n) is 2.58. The van der Waals surface area contributed by atoms with Crippen molar-refractivity contribution in [2.75, 3.05) is 5.32 Å². The number of hydrogen-bond acceptors (Lipinski definition) is 2. The lowest BCUT2D eigenvalue weighted by Gasteiger charge is -2.15. The molecule has 1 unspecified atom stereocenters. The van der Waals surface area contributed by atoms with E-state index in [0.717, 1.165) is 15.9 Å². The molecule has 0 saturated carbocycles. The highest BCUT2D eigenvalue weighted by atomic mass is 79.9. The summed E-state index contributed by atoms with van der Waals surface area (Å²) in [4.78, 5) is 0. The van der Waals surface area contributed by atoms with Crippen molar-refractivity contribution in [3.05, 3.63) is 46.2 Å². The van der Waals surface area contributed by atoms with E-state index in [1.807, 2.05) is 31.3 Å². The van der Waals surface area contributed by atoms with E-state index in [0.29, 0.717) is 0 Å². The molecule has 16 heavy (non-hydrogen) atoms. The number of aryl methyl sites for hydroxylation is 1. The smallest absolute Gasteiger partial charge is 0.0542 e. The highest BCUT2D eigenvalue weighted by molar-refractivity contribution is 9.10. The molecule has 0 aliphatic carbocycles. The number of aromatic amines is 1. The standard InChI is InChI=1S/C12H14BrN3/c1-8(10-7-14-16-9(10)2)15-12-6-4-3-5-11(12)13/h3-8,15H,1-2H3,(H,14,16). The molecule has 0 fully saturated rings. The van der Waals surface area contributed by atoms with Crippen LogP contribution in [0.1, 0.15) is 24.2 Å². The van der Waals surface area contributed by atoms with Gasteiger partial charge in [-0.05, 0) is 41.9 Å². The zero-order valence-electron chi connectivity index (χ0n) is 9.29. The number of rotatable bonds is 3. The van der Waals surface area contributed by atoms with Gasteiger partial charge in [-0.15, -0.1) is 0 Å². The van der Waals surface area contributed by atoms with Crippen LogP contribution in [0.3, 0.4) is 0 Å². The van der Waals surface area contributed by atoms with Crippen LogP contribution in [0, 0.1) is 6.92 Å². The Morgan fingerprint density at radius 1 is 1.38 bits per heavy atom. The van der Waals surface area contributed by atoms with Gasteiger partial charge in [-0.3, -0.25) is 5.10 Å². The average Bonchev–Trinajstić information content (AvgIpc) is 2.68. The summed E-state index contributed by atoms with van der Waals surface area (Å²) in [6.45, 7) is 4.15. The molecule has 4 heteroatoms. The van der Waals surface area contributed by atoms with Crippen molar-refractivity contribution in [1.29, 1.82) is 0 Å². The number of H-pyrrole nitrogens is 1. The van der Waals surface area contributed by atoms with E-state index < -0.39 is 0 Å². The Morgan fingerprint density at radius 3 is 2.75 bits per heavy atom. The lowest BCUT2D eigenvalue weighted by molar-refractivity contribution is 0.873. The van der Waals surface area contributed by atoms with E-state index in [2.05, 4.69) is 44.4 Å². The van der Waals surface area contributed by atoms with Crippen molar-refractivity contribution in [2.45, 2.75) is 19.9 Å². The minimum Gasteiger partial charge on any atom is -0.377 e. The minimum atomic E-state index is 0.234. The summed E-state index contributed by atoms with van der Waals surface area (Å²) in [7, 11) is 0. The Balaban J connectivity index is 2.17. The van der Waals surface area contributed by atoms with Gasteiger partial charge in [-0.25, -0.2) is 0 Å². The van der Waals surface area contributed by atoms with Crippen LogP contribution in [0.2, 0.25) is 0 Å². The molecule has 0 bridgehead atoms. The Labute approximate surface area is 103 Å². The van der Waals surface area contributed by atoms with Crippen molar-refractivity contribution in [3.63, 3.8) is 0 Å². The first-order valence-electron chi connectivity index (χ1n) is 5.19. The van der Waals surface area contributed by atoms with Gasteiger partial charge < -0.3 is 5.32 Å². The van der Waals surface area contributed by atoms with Crippen LogP contribution in [-0.4, -0.2) is 10.2 Å². The van der Waals surface area contributed by atoms with Crippen LogP contribution in [0.25, 0.3) is 0 Å². The van der Waals surface area contributed by atoms with Gasteiger partial charge in [0.1, 0.15) is 0 Å².